The first kappa shape index (κ1) is 21.6. The van der Waals surface area contributed by atoms with Gasteiger partial charge in [-0.05, 0) is 67.8 Å². The maximum absolute atomic E-state index is 11.8. The summed E-state index contributed by atoms with van der Waals surface area (Å²) in [5.74, 6) is 0.621. The number of aliphatic hydroxyl groups is 2. The van der Waals surface area contributed by atoms with Crippen molar-refractivity contribution in [3.8, 4) is 0 Å². The second kappa shape index (κ2) is 7.41. The zero-order valence-corrected chi connectivity index (χ0v) is 18.5. The lowest BCUT2D eigenvalue weighted by Crippen LogP contribution is -2.55. The SMILES string of the molecule is C=C([C@H](O)CC(=O)O)[C@]1(O)CC[C@H]2[C@@H]3CC=C4CC5(CC[C@@H]4[C@H]3CC[C@@]21C)OCCO5. The molecule has 6 nitrogen and oxygen atoms in total. The van der Waals surface area contributed by atoms with Crippen LogP contribution in [0.5, 0.6) is 0 Å². The molecule has 1 aliphatic heterocycles. The van der Waals surface area contributed by atoms with Gasteiger partial charge in [0.2, 0.25) is 0 Å². The molecular weight excluding hydrogens is 396 g/mol. The van der Waals surface area contributed by atoms with Crippen LogP contribution >= 0.6 is 0 Å². The van der Waals surface area contributed by atoms with Crippen LogP contribution in [0.1, 0.15) is 64.7 Å². The molecule has 172 valence electrons. The first-order chi connectivity index (χ1) is 14.7. The van der Waals surface area contributed by atoms with Crippen molar-refractivity contribution in [1.29, 1.82) is 0 Å². The highest BCUT2D eigenvalue weighted by atomic mass is 16.7. The monoisotopic (exact) mass is 432 g/mol. The van der Waals surface area contributed by atoms with Crippen molar-refractivity contribution in [2.75, 3.05) is 13.2 Å². The first-order valence-corrected chi connectivity index (χ1v) is 12.0. The average Bonchev–Trinajstić information content (AvgIpc) is 3.29. The number of carboxylic acids is 1. The minimum absolute atomic E-state index is 0.292. The van der Waals surface area contributed by atoms with Gasteiger partial charge in [0.05, 0.1) is 31.3 Å². The van der Waals surface area contributed by atoms with Crippen molar-refractivity contribution in [3.63, 3.8) is 0 Å². The van der Waals surface area contributed by atoms with Crippen molar-refractivity contribution in [3.05, 3.63) is 23.8 Å². The zero-order valence-electron chi connectivity index (χ0n) is 18.5. The maximum Gasteiger partial charge on any atom is 0.306 e. The van der Waals surface area contributed by atoms with Crippen molar-refractivity contribution in [1.82, 2.24) is 0 Å². The Morgan fingerprint density at radius 3 is 2.65 bits per heavy atom. The molecule has 3 N–H and O–H groups in total. The molecule has 7 atom stereocenters. The number of carboxylic acid groups (broad SMARTS) is 1. The molecule has 0 aromatic rings. The van der Waals surface area contributed by atoms with Crippen LogP contribution in [-0.2, 0) is 14.3 Å². The van der Waals surface area contributed by atoms with E-state index >= 15 is 0 Å². The number of rotatable bonds is 4. The summed E-state index contributed by atoms with van der Waals surface area (Å²) in [6, 6.07) is 0. The van der Waals surface area contributed by atoms with E-state index in [2.05, 4.69) is 19.6 Å². The number of allylic oxidation sites excluding steroid dienone is 1. The largest absolute Gasteiger partial charge is 0.481 e. The lowest BCUT2D eigenvalue weighted by molar-refractivity contribution is -0.177. The van der Waals surface area contributed by atoms with Crippen molar-refractivity contribution < 1.29 is 29.6 Å². The molecule has 0 aromatic heterocycles. The molecule has 1 saturated heterocycles. The summed E-state index contributed by atoms with van der Waals surface area (Å²) >= 11 is 0. The highest BCUT2D eigenvalue weighted by molar-refractivity contribution is 5.68. The third-order valence-corrected chi connectivity index (χ3v) is 9.71. The smallest absolute Gasteiger partial charge is 0.306 e. The number of hydrogen-bond donors (Lipinski definition) is 3. The van der Waals surface area contributed by atoms with Gasteiger partial charge < -0.3 is 24.8 Å². The normalized spacial score (nSPS) is 44.2. The summed E-state index contributed by atoms with van der Waals surface area (Å²) in [6.45, 7) is 7.54. The van der Waals surface area contributed by atoms with E-state index < -0.39 is 24.1 Å². The van der Waals surface area contributed by atoms with Crippen LogP contribution in [0.2, 0.25) is 0 Å². The van der Waals surface area contributed by atoms with E-state index in [0.717, 1.165) is 44.9 Å². The summed E-state index contributed by atoms with van der Waals surface area (Å²) in [6.07, 6.45) is 8.18. The van der Waals surface area contributed by atoms with Gasteiger partial charge in [-0.25, -0.2) is 0 Å². The summed E-state index contributed by atoms with van der Waals surface area (Å²) in [5, 5.41) is 31.3. The highest BCUT2D eigenvalue weighted by Crippen LogP contribution is 2.66. The number of fused-ring (bicyclic) bond motifs is 5. The standard InChI is InChI=1S/C25H36O6/c1-15(21(26)13-22(27)28)25(29)10-7-20-19-4-3-16-14-24(30-11-12-31-24)9-6-17(16)18(19)5-8-23(20,25)2/h3,17-21,26,29H,1,4-14H2,2H3,(H,27,28)/t17-,18+,19+,20-,21+,23-,25+/m0/s1. The number of aliphatic hydroxyl groups excluding tert-OH is 1. The summed E-state index contributed by atoms with van der Waals surface area (Å²) in [7, 11) is 0. The number of hydrogen-bond acceptors (Lipinski definition) is 5. The van der Waals surface area contributed by atoms with Gasteiger partial charge in [0.1, 0.15) is 0 Å². The molecule has 0 unspecified atom stereocenters. The summed E-state index contributed by atoms with van der Waals surface area (Å²) in [5.41, 5.74) is 0.223. The van der Waals surface area contributed by atoms with Crippen LogP contribution in [0.4, 0.5) is 0 Å². The molecule has 31 heavy (non-hydrogen) atoms. The molecule has 0 bridgehead atoms. The Morgan fingerprint density at radius 1 is 1.19 bits per heavy atom. The molecule has 0 amide bonds. The molecule has 5 aliphatic rings. The molecule has 4 aliphatic carbocycles. The van der Waals surface area contributed by atoms with Crippen LogP contribution in [0.25, 0.3) is 0 Å². The van der Waals surface area contributed by atoms with Gasteiger partial charge in [0.15, 0.2) is 5.79 Å². The molecule has 5 rings (SSSR count). The van der Waals surface area contributed by atoms with Gasteiger partial charge in [-0.3, -0.25) is 4.79 Å². The van der Waals surface area contributed by atoms with Gasteiger partial charge in [0.25, 0.3) is 0 Å². The maximum atomic E-state index is 11.8. The number of aliphatic carboxylic acids is 1. The molecule has 0 radical (unpaired) electrons. The summed E-state index contributed by atoms with van der Waals surface area (Å²) < 4.78 is 12.0. The minimum Gasteiger partial charge on any atom is -0.481 e. The quantitative estimate of drug-likeness (QED) is 0.589. The van der Waals surface area contributed by atoms with E-state index in [1.165, 1.54) is 5.57 Å². The fourth-order valence-electron chi connectivity index (χ4n) is 8.10. The predicted octanol–water partition coefficient (Wildman–Crippen LogP) is 3.43. The van der Waals surface area contributed by atoms with Crippen LogP contribution in [0, 0.1) is 29.1 Å². The van der Waals surface area contributed by atoms with Crippen LogP contribution < -0.4 is 0 Å². The van der Waals surface area contributed by atoms with Gasteiger partial charge in [-0.2, -0.15) is 0 Å². The Morgan fingerprint density at radius 2 is 1.94 bits per heavy atom. The molecule has 1 heterocycles. The Labute approximate surface area is 184 Å². The Hall–Kier alpha value is -1.21. The van der Waals surface area contributed by atoms with E-state index in [9.17, 15) is 15.0 Å². The Kier molecular flexibility index (Phi) is 5.17. The van der Waals surface area contributed by atoms with E-state index in [1.54, 1.807) is 0 Å². The number of ether oxygens (including phenoxy) is 2. The molecule has 1 spiro atoms. The van der Waals surface area contributed by atoms with E-state index in [1.807, 2.05) is 0 Å². The van der Waals surface area contributed by atoms with E-state index in [-0.39, 0.29) is 11.2 Å². The molecule has 3 saturated carbocycles. The van der Waals surface area contributed by atoms with Gasteiger partial charge in [0, 0.05) is 18.3 Å². The number of carbonyl (C=O) groups is 1. The van der Waals surface area contributed by atoms with Crippen molar-refractivity contribution >= 4 is 5.97 Å². The second-order valence-corrected chi connectivity index (χ2v) is 10.9. The predicted molar refractivity (Wildman–Crippen MR) is 114 cm³/mol. The molecule has 6 heteroatoms. The minimum atomic E-state index is -1.21. The Bertz CT molecular complexity index is 798. The zero-order chi connectivity index (χ0) is 22.0. The van der Waals surface area contributed by atoms with Crippen molar-refractivity contribution in [2.45, 2.75) is 82.2 Å². The summed E-state index contributed by atoms with van der Waals surface area (Å²) in [4.78, 5) is 11.1. The third-order valence-electron chi connectivity index (χ3n) is 9.71. The fraction of sp³-hybridized carbons (Fsp3) is 0.800. The van der Waals surface area contributed by atoms with Crippen LogP contribution in [0.15, 0.2) is 23.8 Å². The topological polar surface area (TPSA) is 96.2 Å². The fourth-order valence-corrected chi connectivity index (χ4v) is 8.10. The second-order valence-electron chi connectivity index (χ2n) is 10.9. The third kappa shape index (κ3) is 3.17. The average molecular weight is 433 g/mol. The molecule has 0 aromatic carbocycles. The lowest BCUT2D eigenvalue weighted by Gasteiger charge is -2.56. The van der Waals surface area contributed by atoms with Gasteiger partial charge >= 0.3 is 5.97 Å². The van der Waals surface area contributed by atoms with Gasteiger partial charge in [-0.1, -0.05) is 25.2 Å². The molecule has 4 fully saturated rings. The van der Waals surface area contributed by atoms with Crippen LogP contribution in [0.3, 0.4) is 0 Å². The van der Waals surface area contributed by atoms with E-state index in [0.29, 0.717) is 48.9 Å². The lowest BCUT2D eigenvalue weighted by atomic mass is 9.50. The highest BCUT2D eigenvalue weighted by Gasteiger charge is 2.64. The molecular formula is C25H36O6. The van der Waals surface area contributed by atoms with E-state index in [4.69, 9.17) is 14.6 Å². The van der Waals surface area contributed by atoms with Gasteiger partial charge in [-0.15, -0.1) is 0 Å². The van der Waals surface area contributed by atoms with Crippen LogP contribution in [-0.4, -0.2) is 52.0 Å². The first-order valence-electron chi connectivity index (χ1n) is 12.0. The van der Waals surface area contributed by atoms with Crippen molar-refractivity contribution in [2.24, 2.45) is 29.1 Å². The Balaban J connectivity index is 1.37.